The van der Waals surface area contributed by atoms with Gasteiger partial charge < -0.3 is 14.6 Å². The number of aromatic amines is 1. The Bertz CT molecular complexity index is 1620. The molecule has 39 heavy (non-hydrogen) atoms. The smallest absolute Gasteiger partial charge is 0.423 e. The van der Waals surface area contributed by atoms with Crippen molar-refractivity contribution < 1.29 is 31.1 Å². The SMILES string of the molecule is COc1cnc(-c2cc3ccn(C[C@@H](F)C[C@H](C)Nc4cn[nH]c(=O)c4C(F)(F)F)c(=O)c3c(F)c2F)nc1. The summed E-state index contributed by atoms with van der Waals surface area (Å²) in [5, 5.41) is 6.84. The van der Waals surface area contributed by atoms with Crippen molar-refractivity contribution in [3.8, 4) is 17.1 Å². The number of nitrogens with one attached hydrogen (secondary N) is 2. The van der Waals surface area contributed by atoms with Gasteiger partial charge >= 0.3 is 6.18 Å². The number of ether oxygens (including phenoxy) is 1. The molecule has 206 valence electrons. The first-order valence-electron chi connectivity index (χ1n) is 11.3. The number of anilines is 1. The Balaban J connectivity index is 1.55. The lowest BCUT2D eigenvalue weighted by atomic mass is 10.1. The predicted molar refractivity (Wildman–Crippen MR) is 128 cm³/mol. The minimum absolute atomic E-state index is 0.0245. The Morgan fingerprint density at radius 1 is 1.13 bits per heavy atom. The predicted octanol–water partition coefficient (Wildman–Crippen LogP) is 4.08. The van der Waals surface area contributed by atoms with Gasteiger partial charge in [0.25, 0.3) is 11.1 Å². The van der Waals surface area contributed by atoms with Crippen molar-refractivity contribution >= 4 is 16.5 Å². The summed E-state index contributed by atoms with van der Waals surface area (Å²) >= 11 is 0. The third kappa shape index (κ3) is 5.71. The number of fused-ring (bicyclic) bond motifs is 1. The maximum Gasteiger partial charge on any atom is 0.423 e. The van der Waals surface area contributed by atoms with Crippen LogP contribution in [-0.4, -0.2) is 44.1 Å². The number of pyridine rings is 1. The highest BCUT2D eigenvalue weighted by atomic mass is 19.4. The molecule has 3 heterocycles. The fourth-order valence-corrected chi connectivity index (χ4v) is 4.03. The van der Waals surface area contributed by atoms with Crippen LogP contribution in [-0.2, 0) is 12.7 Å². The van der Waals surface area contributed by atoms with E-state index in [0.717, 1.165) is 10.8 Å². The summed E-state index contributed by atoms with van der Waals surface area (Å²) in [5.41, 5.74) is -4.91. The molecular formula is C24H20F6N6O3. The molecule has 0 saturated carbocycles. The Hall–Kier alpha value is -4.43. The molecule has 15 heteroatoms. The molecule has 0 aliphatic rings. The maximum absolute atomic E-state index is 15.0. The van der Waals surface area contributed by atoms with E-state index < -0.39 is 64.3 Å². The summed E-state index contributed by atoms with van der Waals surface area (Å²) in [4.78, 5) is 32.3. The van der Waals surface area contributed by atoms with Crippen molar-refractivity contribution in [2.45, 2.75) is 38.3 Å². The lowest BCUT2D eigenvalue weighted by Gasteiger charge is -2.20. The number of methoxy groups -OCH3 is 1. The molecule has 3 aromatic heterocycles. The van der Waals surface area contributed by atoms with Crippen molar-refractivity contribution in [3.05, 3.63) is 74.8 Å². The van der Waals surface area contributed by atoms with Crippen LogP contribution in [0.15, 0.2) is 46.5 Å². The van der Waals surface area contributed by atoms with Crippen LogP contribution in [0.25, 0.3) is 22.2 Å². The van der Waals surface area contributed by atoms with Gasteiger partial charge in [-0.05, 0) is 24.4 Å². The quantitative estimate of drug-likeness (QED) is 0.316. The van der Waals surface area contributed by atoms with Crippen molar-refractivity contribution in [1.82, 2.24) is 24.7 Å². The molecule has 2 N–H and O–H groups in total. The van der Waals surface area contributed by atoms with Crippen LogP contribution < -0.4 is 21.2 Å². The number of rotatable bonds is 8. The minimum atomic E-state index is -4.98. The van der Waals surface area contributed by atoms with Gasteiger partial charge in [0.15, 0.2) is 23.2 Å². The maximum atomic E-state index is 15.0. The normalized spacial score (nSPS) is 13.3. The molecule has 4 rings (SSSR count). The van der Waals surface area contributed by atoms with Crippen LogP contribution in [0.1, 0.15) is 18.9 Å². The standard InChI is InChI=1S/C24H20F6N6O3/c1-11(34-16-9-33-35-22(37)18(16)24(28,29)30)5-13(25)10-36-4-3-12-6-15(19(26)20(27)17(12)23(36)38)21-31-7-14(39-2)8-32-21/h3-4,6-9,11,13H,5,10H2,1-2H3,(H2,34,35,37)/t11-,13-/m0/s1. The molecule has 0 spiro atoms. The van der Waals surface area contributed by atoms with Crippen LogP contribution in [0.2, 0.25) is 0 Å². The third-order valence-electron chi connectivity index (χ3n) is 5.80. The van der Waals surface area contributed by atoms with E-state index >= 15 is 0 Å². The zero-order valence-electron chi connectivity index (χ0n) is 20.3. The number of hydrogen-bond donors (Lipinski definition) is 2. The Labute approximate surface area is 215 Å². The fourth-order valence-electron chi connectivity index (χ4n) is 4.03. The number of nitrogens with zero attached hydrogens (tertiary/aromatic N) is 4. The molecule has 0 fully saturated rings. The van der Waals surface area contributed by atoms with Crippen molar-refractivity contribution in [2.75, 3.05) is 12.4 Å². The highest BCUT2D eigenvalue weighted by molar-refractivity contribution is 5.86. The lowest BCUT2D eigenvalue weighted by Crippen LogP contribution is -2.30. The second-order valence-electron chi connectivity index (χ2n) is 8.60. The summed E-state index contributed by atoms with van der Waals surface area (Å²) in [5.74, 6) is -2.69. The van der Waals surface area contributed by atoms with Crippen LogP contribution in [0.3, 0.4) is 0 Å². The molecule has 0 saturated heterocycles. The first-order chi connectivity index (χ1) is 18.4. The average Bonchev–Trinajstić information content (AvgIpc) is 2.87. The van der Waals surface area contributed by atoms with Gasteiger partial charge in [-0.1, -0.05) is 0 Å². The Morgan fingerprint density at radius 2 is 1.82 bits per heavy atom. The monoisotopic (exact) mass is 554 g/mol. The van der Waals surface area contributed by atoms with Crippen molar-refractivity contribution in [2.24, 2.45) is 0 Å². The van der Waals surface area contributed by atoms with Gasteiger partial charge in [-0.3, -0.25) is 9.59 Å². The summed E-state index contributed by atoms with van der Waals surface area (Å²) in [6, 6.07) is 1.55. The van der Waals surface area contributed by atoms with Crippen molar-refractivity contribution in [1.29, 1.82) is 0 Å². The lowest BCUT2D eigenvalue weighted by molar-refractivity contribution is -0.138. The zero-order valence-corrected chi connectivity index (χ0v) is 20.3. The number of benzene rings is 1. The number of aromatic nitrogens is 5. The molecule has 0 bridgehead atoms. The second-order valence-corrected chi connectivity index (χ2v) is 8.60. The average molecular weight is 554 g/mol. The van der Waals surface area contributed by atoms with E-state index in [4.69, 9.17) is 4.74 Å². The van der Waals surface area contributed by atoms with Crippen LogP contribution in [0.5, 0.6) is 5.75 Å². The second kappa shape index (κ2) is 10.7. The van der Waals surface area contributed by atoms with E-state index in [1.54, 1.807) is 5.10 Å². The highest BCUT2D eigenvalue weighted by Crippen LogP contribution is 2.32. The first kappa shape index (κ1) is 27.6. The molecule has 0 amide bonds. The largest absolute Gasteiger partial charge is 0.494 e. The molecule has 2 atom stereocenters. The van der Waals surface area contributed by atoms with E-state index in [1.165, 1.54) is 44.8 Å². The molecule has 1 aromatic carbocycles. The summed E-state index contributed by atoms with van der Waals surface area (Å²) in [7, 11) is 1.38. The van der Waals surface area contributed by atoms with Gasteiger partial charge in [0, 0.05) is 18.7 Å². The molecule has 0 radical (unpaired) electrons. The number of H-pyrrole nitrogens is 1. The van der Waals surface area contributed by atoms with Gasteiger partial charge in [0.1, 0.15) is 11.7 Å². The van der Waals surface area contributed by atoms with Crippen LogP contribution in [0, 0.1) is 11.6 Å². The molecular weight excluding hydrogens is 534 g/mol. The van der Waals surface area contributed by atoms with Gasteiger partial charge in [-0.2, -0.15) is 18.3 Å². The Morgan fingerprint density at radius 3 is 2.46 bits per heavy atom. The minimum Gasteiger partial charge on any atom is -0.494 e. The number of alkyl halides is 4. The van der Waals surface area contributed by atoms with E-state index in [-0.39, 0.29) is 23.2 Å². The van der Waals surface area contributed by atoms with Gasteiger partial charge in [0.2, 0.25) is 0 Å². The topological polar surface area (TPSA) is 115 Å². The summed E-state index contributed by atoms with van der Waals surface area (Å²) < 4.78 is 90.2. The number of halogens is 6. The van der Waals surface area contributed by atoms with E-state index in [9.17, 15) is 35.9 Å². The molecule has 0 aliphatic heterocycles. The van der Waals surface area contributed by atoms with Crippen molar-refractivity contribution in [3.63, 3.8) is 0 Å². The van der Waals surface area contributed by atoms with Crippen LogP contribution >= 0.6 is 0 Å². The van der Waals surface area contributed by atoms with E-state index in [2.05, 4.69) is 20.4 Å². The fraction of sp³-hybridized carbons (Fsp3) is 0.292. The molecule has 0 unspecified atom stereocenters. The van der Waals surface area contributed by atoms with E-state index in [1.807, 2.05) is 0 Å². The molecule has 0 aliphatic carbocycles. The highest BCUT2D eigenvalue weighted by Gasteiger charge is 2.37. The Kier molecular flexibility index (Phi) is 7.60. The summed E-state index contributed by atoms with van der Waals surface area (Å²) in [6.45, 7) is 0.778. The molecule has 9 nitrogen and oxygen atoms in total. The third-order valence-corrected chi connectivity index (χ3v) is 5.80. The van der Waals surface area contributed by atoms with E-state index in [0.29, 0.717) is 5.75 Å². The van der Waals surface area contributed by atoms with Gasteiger partial charge in [-0.15, -0.1) is 0 Å². The van der Waals surface area contributed by atoms with Gasteiger partial charge in [0.05, 0.1) is 48.9 Å². The number of hydrogen-bond acceptors (Lipinski definition) is 7. The summed E-state index contributed by atoms with van der Waals surface area (Å²) in [6.07, 6.45) is -2.70. The van der Waals surface area contributed by atoms with Gasteiger partial charge in [-0.25, -0.2) is 28.2 Å². The molecule has 4 aromatic rings. The zero-order chi connectivity index (χ0) is 28.5. The van der Waals surface area contributed by atoms with Crippen LogP contribution in [0.4, 0.5) is 32.0 Å². The first-order valence-corrected chi connectivity index (χ1v) is 11.3.